The van der Waals surface area contributed by atoms with Gasteiger partial charge in [-0.05, 0) is 51.7 Å². The zero-order valence-corrected chi connectivity index (χ0v) is 17.2. The van der Waals surface area contributed by atoms with Crippen LogP contribution in [0.2, 0.25) is 0 Å². The van der Waals surface area contributed by atoms with Crippen molar-refractivity contribution in [3.63, 3.8) is 0 Å². The van der Waals surface area contributed by atoms with Crippen molar-refractivity contribution in [3.05, 3.63) is 75.4 Å². The molecule has 0 spiro atoms. The number of aromatic amines is 1. The number of nitrogens with one attached hydrogen (secondary N) is 3. The number of carbonyl (C=O) groups excluding carboxylic acids is 2. The van der Waals surface area contributed by atoms with Crippen LogP contribution in [-0.2, 0) is 13.1 Å². The Labute approximate surface area is 171 Å². The number of furan rings is 1. The van der Waals surface area contributed by atoms with Crippen LogP contribution in [-0.4, -0.2) is 22.0 Å². The van der Waals surface area contributed by atoms with Crippen LogP contribution in [0, 0.1) is 0 Å². The zero-order chi connectivity index (χ0) is 20.1. The van der Waals surface area contributed by atoms with Crippen molar-refractivity contribution in [2.45, 2.75) is 32.9 Å². The molecule has 28 heavy (non-hydrogen) atoms. The van der Waals surface area contributed by atoms with Gasteiger partial charge in [-0.2, -0.15) is 5.10 Å². The third-order valence-electron chi connectivity index (χ3n) is 4.17. The van der Waals surface area contributed by atoms with Gasteiger partial charge in [-0.1, -0.05) is 26.0 Å². The maximum absolute atomic E-state index is 12.4. The van der Waals surface area contributed by atoms with E-state index in [1.807, 2.05) is 19.9 Å². The minimum Gasteiger partial charge on any atom is -0.467 e. The van der Waals surface area contributed by atoms with E-state index in [-0.39, 0.29) is 24.3 Å². The van der Waals surface area contributed by atoms with Crippen molar-refractivity contribution in [1.82, 2.24) is 20.8 Å². The second-order valence-corrected chi connectivity index (χ2v) is 7.39. The first-order valence-corrected chi connectivity index (χ1v) is 9.66. The Morgan fingerprint density at radius 3 is 2.61 bits per heavy atom. The smallest absolute Gasteiger partial charge is 0.273 e. The Balaban J connectivity index is 1.60. The van der Waals surface area contributed by atoms with E-state index in [1.165, 1.54) is 0 Å². The number of aromatic nitrogens is 2. The molecule has 7 nitrogen and oxygen atoms in total. The number of halogens is 1. The first kappa shape index (κ1) is 19.9. The van der Waals surface area contributed by atoms with Gasteiger partial charge >= 0.3 is 0 Å². The van der Waals surface area contributed by atoms with Gasteiger partial charge in [0, 0.05) is 12.1 Å². The van der Waals surface area contributed by atoms with Gasteiger partial charge in [0.25, 0.3) is 11.8 Å². The summed E-state index contributed by atoms with van der Waals surface area (Å²) in [6, 6.07) is 10.7. The summed E-state index contributed by atoms with van der Waals surface area (Å²) in [6.07, 6.45) is 1.56. The maximum atomic E-state index is 12.4. The van der Waals surface area contributed by atoms with Crippen molar-refractivity contribution in [2.24, 2.45) is 0 Å². The highest BCUT2D eigenvalue weighted by Gasteiger charge is 2.19. The molecule has 8 heteroatoms. The SMILES string of the molecule is CC(C)c1[nH]nc(C(=O)NCc2cccc(C(=O)NCc3ccco3)c2)c1Br. The highest BCUT2D eigenvalue weighted by Crippen LogP contribution is 2.25. The molecule has 0 fully saturated rings. The van der Waals surface area contributed by atoms with E-state index in [0.29, 0.717) is 28.0 Å². The van der Waals surface area contributed by atoms with Crippen LogP contribution in [0.3, 0.4) is 0 Å². The lowest BCUT2D eigenvalue weighted by Gasteiger charge is -2.07. The van der Waals surface area contributed by atoms with Gasteiger partial charge in [-0.15, -0.1) is 0 Å². The molecule has 1 aromatic carbocycles. The number of hydrogen-bond acceptors (Lipinski definition) is 4. The molecular formula is C20H21BrN4O3. The zero-order valence-electron chi connectivity index (χ0n) is 15.6. The Morgan fingerprint density at radius 1 is 1.14 bits per heavy atom. The van der Waals surface area contributed by atoms with Crippen molar-refractivity contribution < 1.29 is 14.0 Å². The van der Waals surface area contributed by atoms with Crippen LogP contribution in [0.4, 0.5) is 0 Å². The third kappa shape index (κ3) is 4.69. The average molecular weight is 445 g/mol. The van der Waals surface area contributed by atoms with Crippen molar-refractivity contribution in [2.75, 3.05) is 0 Å². The van der Waals surface area contributed by atoms with Crippen molar-refractivity contribution in [3.8, 4) is 0 Å². The molecule has 146 valence electrons. The lowest BCUT2D eigenvalue weighted by molar-refractivity contribution is 0.0940. The molecule has 0 aliphatic heterocycles. The molecule has 3 rings (SSSR count). The molecule has 0 aliphatic rings. The van der Waals surface area contributed by atoms with Gasteiger partial charge in [0.2, 0.25) is 0 Å². The van der Waals surface area contributed by atoms with E-state index in [1.54, 1.807) is 36.6 Å². The van der Waals surface area contributed by atoms with E-state index < -0.39 is 0 Å². The van der Waals surface area contributed by atoms with Gasteiger partial charge in [0.05, 0.1) is 23.0 Å². The minimum absolute atomic E-state index is 0.207. The van der Waals surface area contributed by atoms with Crippen molar-refractivity contribution >= 4 is 27.7 Å². The summed E-state index contributed by atoms with van der Waals surface area (Å²) in [5.41, 5.74) is 2.52. The molecule has 0 bridgehead atoms. The lowest BCUT2D eigenvalue weighted by Crippen LogP contribution is -2.25. The summed E-state index contributed by atoms with van der Waals surface area (Å²) in [6.45, 7) is 4.64. The van der Waals surface area contributed by atoms with E-state index >= 15 is 0 Å². The van der Waals surface area contributed by atoms with E-state index in [2.05, 4.69) is 36.8 Å². The molecule has 2 aromatic heterocycles. The molecule has 0 radical (unpaired) electrons. The lowest BCUT2D eigenvalue weighted by atomic mass is 10.1. The molecule has 0 saturated carbocycles. The standard InChI is InChI=1S/C20H21BrN4O3/c1-12(2)17-16(21)18(25-24-17)20(27)22-10-13-5-3-6-14(9-13)19(26)23-11-15-7-4-8-28-15/h3-9,12H,10-11H2,1-2H3,(H,22,27)(H,23,26)(H,24,25). The minimum atomic E-state index is -0.289. The van der Waals surface area contributed by atoms with Gasteiger partial charge < -0.3 is 15.1 Å². The number of H-pyrrole nitrogens is 1. The average Bonchev–Trinajstić information content (AvgIpc) is 3.34. The molecular weight excluding hydrogens is 424 g/mol. The fourth-order valence-corrected chi connectivity index (χ4v) is 3.46. The molecule has 3 aromatic rings. The highest BCUT2D eigenvalue weighted by atomic mass is 79.9. The van der Waals surface area contributed by atoms with Gasteiger partial charge in [-0.25, -0.2) is 0 Å². The molecule has 2 heterocycles. The van der Waals surface area contributed by atoms with E-state index in [4.69, 9.17) is 4.42 Å². The van der Waals surface area contributed by atoms with Gasteiger partial charge in [0.1, 0.15) is 5.76 Å². The summed E-state index contributed by atoms with van der Waals surface area (Å²) in [5.74, 6) is 0.408. The number of nitrogens with zero attached hydrogens (tertiary/aromatic N) is 1. The second kappa shape index (κ2) is 8.88. The largest absolute Gasteiger partial charge is 0.467 e. The monoisotopic (exact) mass is 444 g/mol. The number of hydrogen-bond donors (Lipinski definition) is 3. The maximum Gasteiger partial charge on any atom is 0.273 e. The summed E-state index contributed by atoms with van der Waals surface area (Å²) < 4.78 is 5.87. The fraction of sp³-hybridized carbons (Fsp3) is 0.250. The number of amides is 2. The van der Waals surface area contributed by atoms with Crippen LogP contribution < -0.4 is 10.6 Å². The van der Waals surface area contributed by atoms with Crippen molar-refractivity contribution in [1.29, 1.82) is 0 Å². The van der Waals surface area contributed by atoms with E-state index in [9.17, 15) is 9.59 Å². The molecule has 0 atom stereocenters. The molecule has 3 N–H and O–H groups in total. The number of carbonyl (C=O) groups is 2. The topological polar surface area (TPSA) is 100 Å². The molecule has 0 unspecified atom stereocenters. The van der Waals surface area contributed by atoms with Crippen LogP contribution in [0.1, 0.15) is 57.6 Å². The summed E-state index contributed by atoms with van der Waals surface area (Å²) in [5, 5.41) is 12.6. The number of benzene rings is 1. The van der Waals surface area contributed by atoms with Crippen LogP contribution in [0.5, 0.6) is 0 Å². The summed E-state index contributed by atoms with van der Waals surface area (Å²) in [4.78, 5) is 24.7. The van der Waals surface area contributed by atoms with Gasteiger partial charge in [0.15, 0.2) is 5.69 Å². The Kier molecular flexibility index (Phi) is 6.30. The van der Waals surface area contributed by atoms with Crippen LogP contribution in [0.25, 0.3) is 0 Å². The first-order valence-electron chi connectivity index (χ1n) is 8.87. The molecule has 0 aliphatic carbocycles. The highest BCUT2D eigenvalue weighted by molar-refractivity contribution is 9.10. The second-order valence-electron chi connectivity index (χ2n) is 6.60. The Hall–Kier alpha value is -2.87. The Morgan fingerprint density at radius 2 is 1.93 bits per heavy atom. The molecule has 2 amide bonds. The first-order chi connectivity index (χ1) is 13.5. The van der Waals surface area contributed by atoms with Crippen LogP contribution >= 0.6 is 15.9 Å². The van der Waals surface area contributed by atoms with Crippen LogP contribution in [0.15, 0.2) is 51.6 Å². The predicted octanol–water partition coefficient (Wildman–Crippen LogP) is 3.75. The van der Waals surface area contributed by atoms with Gasteiger partial charge in [-0.3, -0.25) is 14.7 Å². The fourth-order valence-electron chi connectivity index (χ4n) is 2.65. The molecule has 0 saturated heterocycles. The third-order valence-corrected chi connectivity index (χ3v) is 4.97. The Bertz CT molecular complexity index is 964. The normalized spacial score (nSPS) is 10.9. The summed E-state index contributed by atoms with van der Waals surface area (Å²) in [7, 11) is 0. The predicted molar refractivity (Wildman–Crippen MR) is 108 cm³/mol. The number of rotatable bonds is 7. The quantitative estimate of drug-likeness (QED) is 0.516. The van der Waals surface area contributed by atoms with E-state index in [0.717, 1.165) is 11.3 Å². The summed E-state index contributed by atoms with van der Waals surface area (Å²) >= 11 is 3.43.